The van der Waals surface area contributed by atoms with Crippen molar-refractivity contribution in [1.29, 1.82) is 0 Å². The lowest BCUT2D eigenvalue weighted by molar-refractivity contribution is 0.0717. The van der Waals surface area contributed by atoms with E-state index in [1.807, 2.05) is 16.9 Å². The van der Waals surface area contributed by atoms with Crippen LogP contribution < -0.4 is 0 Å². The molecular formula is C20H30N4O. The summed E-state index contributed by atoms with van der Waals surface area (Å²) in [4.78, 5) is 4.62. The summed E-state index contributed by atoms with van der Waals surface area (Å²) < 4.78 is 2.03. The van der Waals surface area contributed by atoms with E-state index in [9.17, 15) is 5.11 Å². The first kappa shape index (κ1) is 18.1. The lowest BCUT2D eigenvalue weighted by atomic mass is 10.2. The molecule has 1 aliphatic rings. The van der Waals surface area contributed by atoms with Gasteiger partial charge < -0.3 is 5.11 Å². The number of aromatic nitrogens is 2. The summed E-state index contributed by atoms with van der Waals surface area (Å²) in [5, 5.41) is 14.9. The maximum atomic E-state index is 10.5. The molecule has 2 aromatic rings. The molecule has 1 aromatic heterocycles. The third-order valence-corrected chi connectivity index (χ3v) is 4.92. The Labute approximate surface area is 150 Å². The molecular weight excluding hydrogens is 312 g/mol. The molecule has 0 saturated carbocycles. The van der Waals surface area contributed by atoms with Crippen molar-refractivity contribution >= 4 is 0 Å². The van der Waals surface area contributed by atoms with Crippen molar-refractivity contribution < 1.29 is 5.11 Å². The smallest absolute Gasteiger partial charge is 0.0793 e. The van der Waals surface area contributed by atoms with Gasteiger partial charge in [-0.05, 0) is 44.5 Å². The largest absolute Gasteiger partial charge is 0.390 e. The molecule has 136 valence electrons. The number of aliphatic hydroxyl groups is 1. The van der Waals surface area contributed by atoms with Crippen LogP contribution >= 0.6 is 0 Å². The van der Waals surface area contributed by atoms with Gasteiger partial charge in [-0.15, -0.1) is 0 Å². The van der Waals surface area contributed by atoms with Gasteiger partial charge in [-0.1, -0.05) is 30.3 Å². The Morgan fingerprint density at radius 3 is 2.84 bits per heavy atom. The lowest BCUT2D eigenvalue weighted by Gasteiger charge is -2.28. The zero-order valence-electron chi connectivity index (χ0n) is 15.4. The van der Waals surface area contributed by atoms with Crippen molar-refractivity contribution in [2.45, 2.75) is 45.0 Å². The molecule has 2 heterocycles. The first-order valence-corrected chi connectivity index (χ1v) is 9.24. The van der Waals surface area contributed by atoms with Gasteiger partial charge in [0.15, 0.2) is 0 Å². The molecule has 0 unspecified atom stereocenters. The van der Waals surface area contributed by atoms with E-state index in [4.69, 9.17) is 0 Å². The fraction of sp³-hybridized carbons (Fsp3) is 0.550. The number of aliphatic hydroxyl groups excluding tert-OH is 1. The number of benzene rings is 1. The molecule has 3 rings (SSSR count). The second-order valence-corrected chi connectivity index (χ2v) is 7.37. The summed E-state index contributed by atoms with van der Waals surface area (Å²) in [5.41, 5.74) is 2.48. The third kappa shape index (κ3) is 5.39. The van der Waals surface area contributed by atoms with E-state index in [2.05, 4.69) is 59.3 Å². The summed E-state index contributed by atoms with van der Waals surface area (Å²) in [6.45, 7) is 6.37. The summed E-state index contributed by atoms with van der Waals surface area (Å²) in [6, 6.07) is 10.9. The topological polar surface area (TPSA) is 44.5 Å². The van der Waals surface area contributed by atoms with Crippen LogP contribution in [0.2, 0.25) is 0 Å². The number of likely N-dealkylation sites (N-methyl/N-ethyl adjacent to an activating group) is 1. The maximum absolute atomic E-state index is 10.5. The van der Waals surface area contributed by atoms with Gasteiger partial charge in [0.1, 0.15) is 0 Å². The van der Waals surface area contributed by atoms with Crippen molar-refractivity contribution in [3.05, 3.63) is 53.9 Å². The fourth-order valence-electron chi connectivity index (χ4n) is 3.77. The lowest BCUT2D eigenvalue weighted by Crippen LogP contribution is -2.42. The highest BCUT2D eigenvalue weighted by atomic mass is 16.3. The van der Waals surface area contributed by atoms with Gasteiger partial charge in [-0.2, -0.15) is 5.10 Å². The Kier molecular flexibility index (Phi) is 6.24. The highest BCUT2D eigenvalue weighted by Crippen LogP contribution is 2.19. The highest BCUT2D eigenvalue weighted by Gasteiger charge is 2.27. The minimum absolute atomic E-state index is 0.325. The molecule has 1 N–H and O–H groups in total. The number of hydrogen-bond donors (Lipinski definition) is 1. The number of β-amino-alcohol motifs (C(OH)–C–C–N with tert-alkyl or cyclic N) is 1. The molecule has 2 atom stereocenters. The molecule has 1 saturated heterocycles. The molecule has 5 heteroatoms. The van der Waals surface area contributed by atoms with Crippen LogP contribution in [0.3, 0.4) is 0 Å². The monoisotopic (exact) mass is 342 g/mol. The van der Waals surface area contributed by atoms with Crippen LogP contribution in [0.4, 0.5) is 0 Å². The van der Waals surface area contributed by atoms with Gasteiger partial charge in [0.25, 0.3) is 0 Å². The zero-order chi connectivity index (χ0) is 17.6. The van der Waals surface area contributed by atoms with Gasteiger partial charge in [-0.3, -0.25) is 14.5 Å². The molecule has 0 aliphatic carbocycles. The number of rotatable bonds is 8. The zero-order valence-corrected chi connectivity index (χ0v) is 15.4. The van der Waals surface area contributed by atoms with E-state index in [1.165, 1.54) is 24.0 Å². The van der Waals surface area contributed by atoms with Crippen LogP contribution in [-0.2, 0) is 13.1 Å². The van der Waals surface area contributed by atoms with E-state index < -0.39 is 0 Å². The third-order valence-electron chi connectivity index (χ3n) is 4.92. The Balaban J connectivity index is 1.47. The second kappa shape index (κ2) is 8.61. The average molecular weight is 342 g/mol. The normalized spacial score (nSPS) is 19.6. The summed E-state index contributed by atoms with van der Waals surface area (Å²) in [5.74, 6) is 0. The Morgan fingerprint density at radius 1 is 1.32 bits per heavy atom. The van der Waals surface area contributed by atoms with Crippen LogP contribution in [0.15, 0.2) is 42.7 Å². The SMILES string of the molecule is Cc1cnn(C[C@H]2CCCN2C[C@@H](O)CN(C)Cc2ccccc2)c1. The van der Waals surface area contributed by atoms with Crippen molar-refractivity contribution in [2.24, 2.45) is 0 Å². The van der Waals surface area contributed by atoms with E-state index >= 15 is 0 Å². The van der Waals surface area contributed by atoms with Gasteiger partial charge in [0.05, 0.1) is 18.8 Å². The van der Waals surface area contributed by atoms with Crippen molar-refractivity contribution in [3.63, 3.8) is 0 Å². The van der Waals surface area contributed by atoms with Crippen LogP contribution in [0.5, 0.6) is 0 Å². The predicted molar refractivity (Wildman–Crippen MR) is 100 cm³/mol. The number of nitrogens with zero attached hydrogens (tertiary/aromatic N) is 4. The molecule has 1 fully saturated rings. The number of hydrogen-bond acceptors (Lipinski definition) is 4. The van der Waals surface area contributed by atoms with E-state index in [-0.39, 0.29) is 6.10 Å². The summed E-state index contributed by atoms with van der Waals surface area (Å²) >= 11 is 0. The molecule has 0 spiro atoms. The van der Waals surface area contributed by atoms with Gasteiger partial charge in [-0.25, -0.2) is 0 Å². The molecule has 0 amide bonds. The van der Waals surface area contributed by atoms with Crippen molar-refractivity contribution in [1.82, 2.24) is 19.6 Å². The van der Waals surface area contributed by atoms with Crippen LogP contribution in [0, 0.1) is 6.92 Å². The van der Waals surface area contributed by atoms with Gasteiger partial charge >= 0.3 is 0 Å². The van der Waals surface area contributed by atoms with Gasteiger partial charge in [0, 0.05) is 31.9 Å². The van der Waals surface area contributed by atoms with E-state index in [1.54, 1.807) is 0 Å². The average Bonchev–Trinajstić information content (AvgIpc) is 3.18. The molecule has 5 nitrogen and oxygen atoms in total. The summed E-state index contributed by atoms with van der Waals surface area (Å²) in [7, 11) is 2.07. The Hall–Kier alpha value is -1.69. The molecule has 1 aliphatic heterocycles. The van der Waals surface area contributed by atoms with Crippen LogP contribution in [0.1, 0.15) is 24.0 Å². The predicted octanol–water partition coefficient (Wildman–Crippen LogP) is 2.15. The second-order valence-electron chi connectivity index (χ2n) is 7.37. The van der Waals surface area contributed by atoms with E-state index in [0.29, 0.717) is 12.6 Å². The van der Waals surface area contributed by atoms with Crippen LogP contribution in [-0.4, -0.2) is 63.5 Å². The minimum atomic E-state index is -0.325. The maximum Gasteiger partial charge on any atom is 0.0793 e. The Bertz CT molecular complexity index is 642. The quantitative estimate of drug-likeness (QED) is 0.798. The minimum Gasteiger partial charge on any atom is -0.390 e. The van der Waals surface area contributed by atoms with Crippen LogP contribution in [0.25, 0.3) is 0 Å². The number of likely N-dealkylation sites (tertiary alicyclic amines) is 1. The van der Waals surface area contributed by atoms with E-state index in [0.717, 1.165) is 26.2 Å². The standard InChI is InChI=1S/C20H30N4O/c1-17-11-21-24(12-17)14-19-9-6-10-23(19)16-20(25)15-22(2)13-18-7-4-3-5-8-18/h3-5,7-8,11-12,19-20,25H,6,9-10,13-16H2,1-2H3/t19-,20+/m1/s1. The number of aryl methyl sites for hydroxylation is 1. The first-order valence-electron chi connectivity index (χ1n) is 9.24. The van der Waals surface area contributed by atoms with Crippen molar-refractivity contribution in [2.75, 3.05) is 26.7 Å². The molecule has 0 bridgehead atoms. The molecule has 0 radical (unpaired) electrons. The Morgan fingerprint density at radius 2 is 2.12 bits per heavy atom. The van der Waals surface area contributed by atoms with Gasteiger partial charge in [0.2, 0.25) is 0 Å². The molecule has 25 heavy (non-hydrogen) atoms. The molecule has 1 aromatic carbocycles. The summed E-state index contributed by atoms with van der Waals surface area (Å²) in [6.07, 6.45) is 6.07. The van der Waals surface area contributed by atoms with Crippen molar-refractivity contribution in [3.8, 4) is 0 Å². The highest BCUT2D eigenvalue weighted by molar-refractivity contribution is 5.14. The fourth-order valence-corrected chi connectivity index (χ4v) is 3.77. The first-order chi connectivity index (χ1) is 12.1.